The van der Waals surface area contributed by atoms with Crippen LogP contribution in [0, 0.1) is 0 Å². The van der Waals surface area contributed by atoms with E-state index in [9.17, 15) is 0 Å². The molecule has 0 aliphatic rings. The van der Waals surface area contributed by atoms with Crippen LogP contribution in [0.25, 0.3) is 0 Å². The highest BCUT2D eigenvalue weighted by Crippen LogP contribution is 2.15. The van der Waals surface area contributed by atoms with Crippen LogP contribution in [0.2, 0.25) is 0 Å². The number of hydrogen-bond acceptors (Lipinski definition) is 5. The van der Waals surface area contributed by atoms with Gasteiger partial charge in [-0.1, -0.05) is 0 Å². The first-order valence-electron chi connectivity index (χ1n) is 3.22. The van der Waals surface area contributed by atoms with Gasteiger partial charge in [0.15, 0.2) is 0 Å². The van der Waals surface area contributed by atoms with Crippen LogP contribution < -0.4 is 11.3 Å². The number of nitrogens with one attached hydrogen (secondary N) is 1. The van der Waals surface area contributed by atoms with Gasteiger partial charge < -0.3 is 4.74 Å². The van der Waals surface area contributed by atoms with E-state index in [0.29, 0.717) is 6.61 Å². The van der Waals surface area contributed by atoms with Gasteiger partial charge in [0.25, 0.3) is 0 Å². The zero-order chi connectivity index (χ0) is 8.10. The standard InChI is InChI=1S/C6H11N3OS/c1-10-3-5(9-7)6-2-8-4-11-6/h2,4-5,9H,3,7H2,1H3. The summed E-state index contributed by atoms with van der Waals surface area (Å²) < 4.78 is 4.96. The molecule has 0 bridgehead atoms. The fourth-order valence-corrected chi connectivity index (χ4v) is 1.44. The van der Waals surface area contributed by atoms with Crippen molar-refractivity contribution in [1.82, 2.24) is 10.4 Å². The van der Waals surface area contributed by atoms with Crippen molar-refractivity contribution in [3.05, 3.63) is 16.6 Å². The topological polar surface area (TPSA) is 60.2 Å². The van der Waals surface area contributed by atoms with E-state index in [1.54, 1.807) is 30.2 Å². The maximum Gasteiger partial charge on any atom is 0.0802 e. The Morgan fingerprint density at radius 3 is 3.18 bits per heavy atom. The lowest BCUT2D eigenvalue weighted by atomic mass is 10.3. The van der Waals surface area contributed by atoms with E-state index >= 15 is 0 Å². The molecule has 5 heteroatoms. The molecule has 1 atom stereocenters. The van der Waals surface area contributed by atoms with E-state index in [-0.39, 0.29) is 6.04 Å². The molecule has 62 valence electrons. The average Bonchev–Trinajstić information content (AvgIpc) is 2.52. The third-order valence-electron chi connectivity index (χ3n) is 1.33. The van der Waals surface area contributed by atoms with Gasteiger partial charge in [0, 0.05) is 18.2 Å². The van der Waals surface area contributed by atoms with Gasteiger partial charge in [0.1, 0.15) is 0 Å². The van der Waals surface area contributed by atoms with Gasteiger partial charge in [-0.3, -0.25) is 10.8 Å². The normalized spacial score (nSPS) is 13.3. The SMILES string of the molecule is COCC(NN)c1cncs1. The zero-order valence-electron chi connectivity index (χ0n) is 6.28. The van der Waals surface area contributed by atoms with Gasteiger partial charge in [-0.15, -0.1) is 11.3 Å². The summed E-state index contributed by atoms with van der Waals surface area (Å²) >= 11 is 1.56. The first-order valence-corrected chi connectivity index (χ1v) is 4.10. The Bertz CT molecular complexity index is 190. The molecular weight excluding hydrogens is 162 g/mol. The Labute approximate surface area is 69.4 Å². The summed E-state index contributed by atoms with van der Waals surface area (Å²) in [6.07, 6.45) is 1.79. The molecule has 3 N–H and O–H groups in total. The maximum absolute atomic E-state index is 5.30. The van der Waals surface area contributed by atoms with Gasteiger partial charge in [0.2, 0.25) is 0 Å². The minimum Gasteiger partial charge on any atom is -0.383 e. The number of rotatable bonds is 4. The molecule has 1 rings (SSSR count). The summed E-state index contributed by atoms with van der Waals surface area (Å²) in [6, 6.07) is 0.0625. The number of thiazole rings is 1. The Kier molecular flexibility index (Phi) is 3.44. The first-order chi connectivity index (χ1) is 5.38. The molecule has 0 saturated carbocycles. The van der Waals surface area contributed by atoms with Crippen molar-refractivity contribution in [2.75, 3.05) is 13.7 Å². The largest absolute Gasteiger partial charge is 0.383 e. The van der Waals surface area contributed by atoms with Crippen molar-refractivity contribution < 1.29 is 4.74 Å². The van der Waals surface area contributed by atoms with Crippen molar-refractivity contribution in [3.8, 4) is 0 Å². The molecule has 0 amide bonds. The highest BCUT2D eigenvalue weighted by atomic mass is 32.1. The summed E-state index contributed by atoms with van der Waals surface area (Å²) in [4.78, 5) is 5.03. The van der Waals surface area contributed by atoms with Crippen LogP contribution in [0.3, 0.4) is 0 Å². The number of hydrazine groups is 1. The fraction of sp³-hybridized carbons (Fsp3) is 0.500. The molecule has 1 heterocycles. The number of ether oxygens (including phenoxy) is 1. The van der Waals surface area contributed by atoms with Crippen molar-refractivity contribution in [2.24, 2.45) is 5.84 Å². The fourth-order valence-electron chi connectivity index (χ4n) is 0.777. The Balaban J connectivity index is 2.56. The van der Waals surface area contributed by atoms with Crippen LogP contribution in [0.1, 0.15) is 10.9 Å². The van der Waals surface area contributed by atoms with E-state index in [1.807, 2.05) is 0 Å². The Morgan fingerprint density at radius 2 is 2.73 bits per heavy atom. The van der Waals surface area contributed by atoms with E-state index in [2.05, 4.69) is 10.4 Å². The van der Waals surface area contributed by atoms with Crippen molar-refractivity contribution in [1.29, 1.82) is 0 Å². The smallest absolute Gasteiger partial charge is 0.0802 e. The third-order valence-corrected chi connectivity index (χ3v) is 2.22. The third kappa shape index (κ3) is 2.23. The minimum atomic E-state index is 0.0625. The zero-order valence-corrected chi connectivity index (χ0v) is 7.10. The van der Waals surface area contributed by atoms with Gasteiger partial charge in [-0.2, -0.15) is 0 Å². The predicted octanol–water partition coefficient (Wildman–Crippen LogP) is 0.294. The molecule has 0 aliphatic carbocycles. The van der Waals surface area contributed by atoms with Gasteiger partial charge in [0.05, 0.1) is 18.2 Å². The van der Waals surface area contributed by atoms with E-state index in [1.165, 1.54) is 0 Å². The van der Waals surface area contributed by atoms with Crippen LogP contribution in [0.15, 0.2) is 11.7 Å². The summed E-state index contributed by atoms with van der Waals surface area (Å²) in [6.45, 7) is 0.568. The quantitative estimate of drug-likeness (QED) is 0.507. The van der Waals surface area contributed by atoms with Gasteiger partial charge >= 0.3 is 0 Å². The molecule has 1 aromatic heterocycles. The number of methoxy groups -OCH3 is 1. The molecule has 1 unspecified atom stereocenters. The summed E-state index contributed by atoms with van der Waals surface area (Å²) in [7, 11) is 1.64. The Morgan fingerprint density at radius 1 is 1.91 bits per heavy atom. The highest BCUT2D eigenvalue weighted by Gasteiger charge is 2.09. The second-order valence-corrected chi connectivity index (χ2v) is 3.00. The lowest BCUT2D eigenvalue weighted by Gasteiger charge is -2.11. The van der Waals surface area contributed by atoms with Crippen LogP contribution in [0.5, 0.6) is 0 Å². The van der Waals surface area contributed by atoms with E-state index < -0.39 is 0 Å². The molecule has 0 aliphatic heterocycles. The van der Waals surface area contributed by atoms with Crippen molar-refractivity contribution in [3.63, 3.8) is 0 Å². The van der Waals surface area contributed by atoms with Crippen LogP contribution in [-0.2, 0) is 4.74 Å². The molecule has 0 radical (unpaired) electrons. The lowest BCUT2D eigenvalue weighted by Crippen LogP contribution is -2.30. The number of nitrogens with two attached hydrogens (primary N) is 1. The summed E-state index contributed by atoms with van der Waals surface area (Å²) in [5.74, 6) is 5.30. The molecule has 4 nitrogen and oxygen atoms in total. The lowest BCUT2D eigenvalue weighted by molar-refractivity contribution is 0.168. The van der Waals surface area contributed by atoms with Gasteiger partial charge in [-0.25, -0.2) is 5.43 Å². The molecule has 11 heavy (non-hydrogen) atoms. The minimum absolute atomic E-state index is 0.0625. The average molecular weight is 173 g/mol. The number of hydrogen-bond donors (Lipinski definition) is 2. The molecule has 0 aromatic carbocycles. The van der Waals surface area contributed by atoms with Gasteiger partial charge in [-0.05, 0) is 0 Å². The number of aromatic nitrogens is 1. The monoisotopic (exact) mass is 173 g/mol. The Hall–Kier alpha value is -0.490. The molecule has 0 saturated heterocycles. The van der Waals surface area contributed by atoms with Crippen molar-refractivity contribution in [2.45, 2.75) is 6.04 Å². The van der Waals surface area contributed by atoms with Crippen LogP contribution in [0.4, 0.5) is 0 Å². The summed E-state index contributed by atoms with van der Waals surface area (Å²) in [5.41, 5.74) is 4.42. The summed E-state index contributed by atoms with van der Waals surface area (Å²) in [5, 5.41) is 0. The second-order valence-electron chi connectivity index (χ2n) is 2.08. The van der Waals surface area contributed by atoms with Crippen LogP contribution in [-0.4, -0.2) is 18.7 Å². The molecular formula is C6H11N3OS. The van der Waals surface area contributed by atoms with Crippen LogP contribution >= 0.6 is 11.3 Å². The first kappa shape index (κ1) is 8.61. The maximum atomic E-state index is 5.30. The van der Waals surface area contributed by atoms with E-state index in [4.69, 9.17) is 10.6 Å². The number of nitrogens with zero attached hydrogens (tertiary/aromatic N) is 1. The predicted molar refractivity (Wildman–Crippen MR) is 44.1 cm³/mol. The van der Waals surface area contributed by atoms with Crippen molar-refractivity contribution >= 4 is 11.3 Å². The van der Waals surface area contributed by atoms with E-state index in [0.717, 1.165) is 4.88 Å². The highest BCUT2D eigenvalue weighted by molar-refractivity contribution is 7.09. The molecule has 0 fully saturated rings. The molecule has 0 spiro atoms. The second kappa shape index (κ2) is 4.40. The molecule has 1 aromatic rings.